The third-order valence-corrected chi connectivity index (χ3v) is 4.72. The molecule has 18 heavy (non-hydrogen) atoms. The summed E-state index contributed by atoms with van der Waals surface area (Å²) < 4.78 is 0. The van der Waals surface area contributed by atoms with Crippen LogP contribution in [0, 0.1) is 5.41 Å². The molecule has 1 unspecified atom stereocenters. The van der Waals surface area contributed by atoms with Crippen molar-refractivity contribution in [2.45, 2.75) is 26.7 Å². The number of aryl methyl sites for hydroxylation is 1. The molecule has 1 aromatic heterocycles. The molecule has 2 rings (SSSR count). The predicted octanol–water partition coefficient (Wildman–Crippen LogP) is 2.25. The molecule has 0 spiro atoms. The van der Waals surface area contributed by atoms with Crippen molar-refractivity contribution in [1.82, 2.24) is 4.90 Å². The Morgan fingerprint density at radius 3 is 2.72 bits per heavy atom. The van der Waals surface area contributed by atoms with Gasteiger partial charge in [-0.05, 0) is 31.9 Å². The lowest BCUT2D eigenvalue weighted by atomic mass is 9.90. The molecule has 1 aliphatic heterocycles. The van der Waals surface area contributed by atoms with Crippen molar-refractivity contribution >= 4 is 23.2 Å². The van der Waals surface area contributed by atoms with Crippen molar-refractivity contribution in [2.24, 2.45) is 5.41 Å². The number of carboxylic acid groups (broad SMARTS) is 1. The maximum absolute atomic E-state index is 12.2. The van der Waals surface area contributed by atoms with Gasteiger partial charge in [0.05, 0.1) is 10.3 Å². The number of rotatable bonds is 3. The minimum Gasteiger partial charge on any atom is -0.481 e. The number of hydrogen-bond acceptors (Lipinski definition) is 3. The fraction of sp³-hybridized carbons (Fsp3) is 0.538. The summed E-state index contributed by atoms with van der Waals surface area (Å²) in [5, 5.41) is 9.15. The molecule has 0 aliphatic carbocycles. The van der Waals surface area contributed by atoms with Crippen molar-refractivity contribution in [3.63, 3.8) is 0 Å². The molecule has 0 bridgehead atoms. The highest BCUT2D eigenvalue weighted by molar-refractivity contribution is 7.14. The molecule has 0 radical (unpaired) electrons. The molecule has 98 valence electrons. The van der Waals surface area contributed by atoms with Crippen LogP contribution in [0.5, 0.6) is 0 Å². The largest absolute Gasteiger partial charge is 0.481 e. The SMILES string of the molecule is CCc1ccc(C(=O)N2CCC(C)(C(=O)O)C2)s1. The first-order chi connectivity index (χ1) is 8.46. The molecular formula is C13H17NO3S. The molecule has 4 nitrogen and oxygen atoms in total. The van der Waals surface area contributed by atoms with Crippen LogP contribution in [-0.4, -0.2) is 35.0 Å². The van der Waals surface area contributed by atoms with E-state index in [1.807, 2.05) is 12.1 Å². The van der Waals surface area contributed by atoms with Crippen LogP contribution in [0.15, 0.2) is 12.1 Å². The number of aliphatic carboxylic acids is 1. The predicted molar refractivity (Wildman–Crippen MR) is 70.0 cm³/mol. The Labute approximate surface area is 110 Å². The van der Waals surface area contributed by atoms with Crippen molar-refractivity contribution in [3.8, 4) is 0 Å². The van der Waals surface area contributed by atoms with Gasteiger partial charge in [-0.2, -0.15) is 0 Å². The number of hydrogen-bond donors (Lipinski definition) is 1. The van der Waals surface area contributed by atoms with Crippen LogP contribution >= 0.6 is 11.3 Å². The lowest BCUT2D eigenvalue weighted by Gasteiger charge is -2.19. The number of carbonyl (C=O) groups is 2. The first-order valence-corrected chi connectivity index (χ1v) is 6.89. The van der Waals surface area contributed by atoms with Crippen LogP contribution in [0.3, 0.4) is 0 Å². The molecule has 1 fully saturated rings. The number of likely N-dealkylation sites (tertiary alicyclic amines) is 1. The van der Waals surface area contributed by atoms with E-state index in [0.717, 1.165) is 6.42 Å². The zero-order chi connectivity index (χ0) is 13.3. The van der Waals surface area contributed by atoms with Gasteiger partial charge in [-0.15, -0.1) is 11.3 Å². The van der Waals surface area contributed by atoms with E-state index < -0.39 is 11.4 Å². The van der Waals surface area contributed by atoms with E-state index in [-0.39, 0.29) is 5.91 Å². The van der Waals surface area contributed by atoms with Crippen LogP contribution in [0.25, 0.3) is 0 Å². The number of nitrogens with zero attached hydrogens (tertiary/aromatic N) is 1. The third-order valence-electron chi connectivity index (χ3n) is 3.50. The topological polar surface area (TPSA) is 57.6 Å². The quantitative estimate of drug-likeness (QED) is 0.913. The number of amides is 1. The average Bonchev–Trinajstić information content (AvgIpc) is 2.95. The van der Waals surface area contributed by atoms with Gasteiger partial charge in [-0.3, -0.25) is 9.59 Å². The van der Waals surface area contributed by atoms with Gasteiger partial charge in [-0.1, -0.05) is 6.92 Å². The second-order valence-corrected chi connectivity index (χ2v) is 6.13. The summed E-state index contributed by atoms with van der Waals surface area (Å²) in [4.78, 5) is 26.9. The van der Waals surface area contributed by atoms with Gasteiger partial charge in [0.25, 0.3) is 5.91 Å². The summed E-state index contributed by atoms with van der Waals surface area (Å²) in [5.41, 5.74) is -0.791. The summed E-state index contributed by atoms with van der Waals surface area (Å²) in [6.07, 6.45) is 1.45. The minimum atomic E-state index is -0.821. The second-order valence-electron chi connectivity index (χ2n) is 4.96. The molecule has 1 amide bonds. The monoisotopic (exact) mass is 267 g/mol. The molecule has 1 saturated heterocycles. The van der Waals surface area contributed by atoms with Crippen molar-refractivity contribution in [2.75, 3.05) is 13.1 Å². The zero-order valence-electron chi connectivity index (χ0n) is 10.6. The average molecular weight is 267 g/mol. The molecule has 1 aromatic rings. The highest BCUT2D eigenvalue weighted by Gasteiger charge is 2.42. The van der Waals surface area contributed by atoms with E-state index in [1.54, 1.807) is 11.8 Å². The zero-order valence-corrected chi connectivity index (χ0v) is 11.4. The smallest absolute Gasteiger partial charge is 0.311 e. The molecule has 0 saturated carbocycles. The number of carbonyl (C=O) groups excluding carboxylic acids is 1. The van der Waals surface area contributed by atoms with Crippen LogP contribution < -0.4 is 0 Å². The Hall–Kier alpha value is -1.36. The lowest BCUT2D eigenvalue weighted by molar-refractivity contribution is -0.147. The fourth-order valence-electron chi connectivity index (χ4n) is 2.15. The highest BCUT2D eigenvalue weighted by Crippen LogP contribution is 2.31. The Balaban J connectivity index is 2.10. The van der Waals surface area contributed by atoms with Crippen molar-refractivity contribution < 1.29 is 14.7 Å². The third kappa shape index (κ3) is 2.27. The highest BCUT2D eigenvalue weighted by atomic mass is 32.1. The van der Waals surface area contributed by atoms with E-state index in [0.29, 0.717) is 24.4 Å². The van der Waals surface area contributed by atoms with E-state index in [9.17, 15) is 9.59 Å². The summed E-state index contributed by atoms with van der Waals surface area (Å²) in [6, 6.07) is 3.80. The van der Waals surface area contributed by atoms with Gasteiger partial charge in [0.15, 0.2) is 0 Å². The Morgan fingerprint density at radius 1 is 1.50 bits per heavy atom. The van der Waals surface area contributed by atoms with Gasteiger partial charge in [0, 0.05) is 18.0 Å². The molecule has 1 aliphatic rings. The summed E-state index contributed by atoms with van der Waals surface area (Å²) in [6.45, 7) is 4.59. The van der Waals surface area contributed by atoms with Crippen LogP contribution in [0.1, 0.15) is 34.8 Å². The minimum absolute atomic E-state index is 0.0373. The molecule has 0 aromatic carbocycles. The van der Waals surface area contributed by atoms with E-state index in [1.165, 1.54) is 16.2 Å². The molecule has 1 atom stereocenters. The molecule has 5 heteroatoms. The van der Waals surface area contributed by atoms with Gasteiger partial charge < -0.3 is 10.0 Å². The fourth-order valence-corrected chi connectivity index (χ4v) is 3.06. The Bertz CT molecular complexity index is 482. The maximum Gasteiger partial charge on any atom is 0.311 e. The Morgan fingerprint density at radius 2 is 2.22 bits per heavy atom. The normalized spacial score (nSPS) is 23.3. The van der Waals surface area contributed by atoms with E-state index in [4.69, 9.17) is 5.11 Å². The van der Waals surface area contributed by atoms with Crippen molar-refractivity contribution in [3.05, 3.63) is 21.9 Å². The molecule has 2 heterocycles. The van der Waals surface area contributed by atoms with Crippen LogP contribution in [0.4, 0.5) is 0 Å². The first-order valence-electron chi connectivity index (χ1n) is 6.07. The van der Waals surface area contributed by atoms with Gasteiger partial charge in [-0.25, -0.2) is 0 Å². The number of carboxylic acids is 1. The van der Waals surface area contributed by atoms with E-state index in [2.05, 4.69) is 6.92 Å². The van der Waals surface area contributed by atoms with E-state index >= 15 is 0 Å². The Kier molecular flexibility index (Phi) is 3.43. The molecule has 1 N–H and O–H groups in total. The summed E-state index contributed by atoms with van der Waals surface area (Å²) >= 11 is 1.50. The number of thiophene rings is 1. The maximum atomic E-state index is 12.2. The van der Waals surface area contributed by atoms with Crippen LogP contribution in [0.2, 0.25) is 0 Å². The molecular weight excluding hydrogens is 250 g/mol. The second kappa shape index (κ2) is 4.72. The van der Waals surface area contributed by atoms with Gasteiger partial charge in [0.2, 0.25) is 0 Å². The van der Waals surface area contributed by atoms with Gasteiger partial charge in [0.1, 0.15) is 0 Å². The van der Waals surface area contributed by atoms with Gasteiger partial charge >= 0.3 is 5.97 Å². The summed E-state index contributed by atoms with van der Waals surface area (Å²) in [5.74, 6) is -0.858. The lowest BCUT2D eigenvalue weighted by Crippen LogP contribution is -2.34. The van der Waals surface area contributed by atoms with Crippen molar-refractivity contribution in [1.29, 1.82) is 0 Å². The first kappa shape index (κ1) is 13.1. The van der Waals surface area contributed by atoms with Crippen LogP contribution in [-0.2, 0) is 11.2 Å². The summed E-state index contributed by atoms with van der Waals surface area (Å²) in [7, 11) is 0. The standard InChI is InChI=1S/C13H17NO3S/c1-3-9-4-5-10(18-9)11(15)14-7-6-13(2,8-14)12(16)17/h4-5H,3,6-8H2,1-2H3,(H,16,17).